The van der Waals surface area contributed by atoms with Crippen LogP contribution in [-0.4, -0.2) is 30.7 Å². The predicted molar refractivity (Wildman–Crippen MR) is 72.5 cm³/mol. The van der Waals surface area contributed by atoms with Gasteiger partial charge in [0.05, 0.1) is 11.9 Å². The molecule has 0 aliphatic carbocycles. The Morgan fingerprint density at radius 2 is 2.44 bits per heavy atom. The molecule has 4 heteroatoms. The molecule has 1 N–H and O–H groups in total. The van der Waals surface area contributed by atoms with Crippen molar-refractivity contribution in [2.24, 2.45) is 0 Å². The molecule has 2 heterocycles. The molecule has 1 atom stereocenters. The van der Waals surface area contributed by atoms with Crippen LogP contribution in [0.3, 0.4) is 0 Å². The molecule has 18 heavy (non-hydrogen) atoms. The average molecular weight is 244 g/mol. The van der Waals surface area contributed by atoms with Crippen LogP contribution in [0.4, 0.5) is 5.69 Å². The van der Waals surface area contributed by atoms with Gasteiger partial charge in [-0.2, -0.15) is 5.26 Å². The fourth-order valence-corrected chi connectivity index (χ4v) is 2.41. The molecule has 1 aliphatic rings. The number of pyridine rings is 1. The molecule has 1 aromatic heterocycles. The van der Waals surface area contributed by atoms with E-state index >= 15 is 0 Å². The molecule has 1 unspecified atom stereocenters. The molecule has 1 aliphatic heterocycles. The van der Waals surface area contributed by atoms with Gasteiger partial charge in [0, 0.05) is 19.1 Å². The quantitative estimate of drug-likeness (QED) is 0.859. The molecule has 1 aromatic rings. The highest BCUT2D eigenvalue weighted by molar-refractivity contribution is 5.46. The van der Waals surface area contributed by atoms with E-state index in [0.29, 0.717) is 11.7 Å². The van der Waals surface area contributed by atoms with Gasteiger partial charge >= 0.3 is 0 Å². The van der Waals surface area contributed by atoms with E-state index in [0.717, 1.165) is 31.7 Å². The fourth-order valence-electron chi connectivity index (χ4n) is 2.41. The molecular formula is C14H20N4. The molecule has 2 rings (SSSR count). The molecule has 96 valence electrons. The van der Waals surface area contributed by atoms with Crippen molar-refractivity contribution in [3.63, 3.8) is 0 Å². The van der Waals surface area contributed by atoms with Crippen LogP contribution in [-0.2, 0) is 0 Å². The monoisotopic (exact) mass is 244 g/mol. The van der Waals surface area contributed by atoms with Crippen LogP contribution in [0.15, 0.2) is 18.3 Å². The van der Waals surface area contributed by atoms with Gasteiger partial charge < -0.3 is 10.2 Å². The van der Waals surface area contributed by atoms with E-state index in [1.165, 1.54) is 12.8 Å². The minimum absolute atomic E-state index is 0.481. The maximum atomic E-state index is 8.76. The molecule has 1 saturated heterocycles. The Hall–Kier alpha value is -1.60. The summed E-state index contributed by atoms with van der Waals surface area (Å²) in [7, 11) is 0. The lowest BCUT2D eigenvalue weighted by molar-refractivity contribution is 0.578. The summed E-state index contributed by atoms with van der Waals surface area (Å²) in [6.07, 6.45) is 5.45. The summed E-state index contributed by atoms with van der Waals surface area (Å²) in [5, 5.41) is 12.3. The Bertz CT molecular complexity index is 401. The summed E-state index contributed by atoms with van der Waals surface area (Å²) in [5.41, 5.74) is 1.60. The third-order valence-electron chi connectivity index (χ3n) is 3.32. The Labute approximate surface area is 109 Å². The van der Waals surface area contributed by atoms with E-state index in [4.69, 9.17) is 5.26 Å². The second kappa shape index (κ2) is 6.36. The first-order valence-corrected chi connectivity index (χ1v) is 6.68. The molecule has 4 nitrogen and oxygen atoms in total. The van der Waals surface area contributed by atoms with E-state index in [1.807, 2.05) is 12.3 Å². The van der Waals surface area contributed by atoms with E-state index < -0.39 is 0 Å². The highest BCUT2D eigenvalue weighted by Crippen LogP contribution is 2.16. The van der Waals surface area contributed by atoms with Gasteiger partial charge in [0.15, 0.2) is 0 Å². The normalized spacial score (nSPS) is 18.6. The first-order valence-electron chi connectivity index (χ1n) is 6.68. The number of hydrogen-bond acceptors (Lipinski definition) is 4. The van der Waals surface area contributed by atoms with Crippen LogP contribution >= 0.6 is 0 Å². The second-order valence-corrected chi connectivity index (χ2v) is 4.75. The number of nitrogens with zero attached hydrogens (tertiary/aromatic N) is 3. The first-order chi connectivity index (χ1) is 8.83. The van der Waals surface area contributed by atoms with Crippen LogP contribution in [0.1, 0.15) is 31.9 Å². The van der Waals surface area contributed by atoms with Gasteiger partial charge in [0.25, 0.3) is 0 Å². The van der Waals surface area contributed by atoms with Gasteiger partial charge in [-0.05, 0) is 37.9 Å². The molecule has 1 fully saturated rings. The van der Waals surface area contributed by atoms with E-state index in [-0.39, 0.29) is 0 Å². The summed E-state index contributed by atoms with van der Waals surface area (Å²) in [5.74, 6) is 0. The van der Waals surface area contributed by atoms with Crippen molar-refractivity contribution in [1.29, 1.82) is 5.26 Å². The zero-order chi connectivity index (χ0) is 12.8. The van der Waals surface area contributed by atoms with Crippen LogP contribution in [0.5, 0.6) is 0 Å². The van der Waals surface area contributed by atoms with Crippen molar-refractivity contribution < 1.29 is 0 Å². The van der Waals surface area contributed by atoms with Crippen molar-refractivity contribution in [2.45, 2.75) is 32.2 Å². The smallest absolute Gasteiger partial charge is 0.140 e. The van der Waals surface area contributed by atoms with Crippen molar-refractivity contribution in [3.05, 3.63) is 24.0 Å². The van der Waals surface area contributed by atoms with E-state index in [2.05, 4.69) is 28.2 Å². The van der Waals surface area contributed by atoms with Gasteiger partial charge in [0.2, 0.25) is 0 Å². The summed E-state index contributed by atoms with van der Waals surface area (Å²) < 4.78 is 0. The van der Waals surface area contributed by atoms with Crippen LogP contribution in [0.25, 0.3) is 0 Å². The van der Waals surface area contributed by atoms with Gasteiger partial charge in [-0.15, -0.1) is 0 Å². The van der Waals surface area contributed by atoms with E-state index in [1.54, 1.807) is 6.07 Å². The summed E-state index contributed by atoms with van der Waals surface area (Å²) in [4.78, 5) is 6.51. The molecule has 0 bridgehead atoms. The molecule has 0 saturated carbocycles. The second-order valence-electron chi connectivity index (χ2n) is 4.75. The Morgan fingerprint density at radius 3 is 3.00 bits per heavy atom. The Kier molecular flexibility index (Phi) is 4.54. The number of hydrogen-bond donors (Lipinski definition) is 1. The summed E-state index contributed by atoms with van der Waals surface area (Å²) in [6, 6.07) is 6.43. The average Bonchev–Trinajstić information content (AvgIpc) is 2.91. The first kappa shape index (κ1) is 12.8. The topological polar surface area (TPSA) is 52.0 Å². The van der Waals surface area contributed by atoms with Crippen molar-refractivity contribution in [2.75, 3.05) is 24.5 Å². The zero-order valence-electron chi connectivity index (χ0n) is 10.9. The van der Waals surface area contributed by atoms with E-state index in [9.17, 15) is 0 Å². The van der Waals surface area contributed by atoms with Gasteiger partial charge in [0.1, 0.15) is 11.8 Å². The van der Waals surface area contributed by atoms with Gasteiger partial charge in [-0.25, -0.2) is 4.98 Å². The standard InChI is InChI=1S/C14H20N4/c1-2-8-18(11-13-4-3-7-16-13)14-6-5-12(9-15)17-10-14/h5-6,10,13,16H,2-4,7-8,11H2,1H3. The third kappa shape index (κ3) is 3.21. The molecule has 0 spiro atoms. The summed E-state index contributed by atoms with van der Waals surface area (Å²) >= 11 is 0. The summed E-state index contributed by atoms with van der Waals surface area (Å²) in [6.45, 7) is 5.38. The number of nitriles is 1. The van der Waals surface area contributed by atoms with Crippen molar-refractivity contribution in [1.82, 2.24) is 10.3 Å². The SMILES string of the molecule is CCCN(CC1CCCN1)c1ccc(C#N)nc1. The van der Waals surface area contributed by atoms with Crippen LogP contribution in [0.2, 0.25) is 0 Å². The lowest BCUT2D eigenvalue weighted by atomic mass is 10.2. The molecular weight excluding hydrogens is 224 g/mol. The number of rotatable bonds is 5. The fraction of sp³-hybridized carbons (Fsp3) is 0.571. The number of anilines is 1. The minimum atomic E-state index is 0.481. The molecule has 0 radical (unpaired) electrons. The van der Waals surface area contributed by atoms with Gasteiger partial charge in [-0.1, -0.05) is 6.92 Å². The molecule has 0 aromatic carbocycles. The Balaban J connectivity index is 2.05. The largest absolute Gasteiger partial charge is 0.369 e. The highest BCUT2D eigenvalue weighted by atomic mass is 15.2. The predicted octanol–water partition coefficient (Wildman–Crippen LogP) is 1.92. The van der Waals surface area contributed by atoms with Crippen LogP contribution in [0, 0.1) is 11.3 Å². The minimum Gasteiger partial charge on any atom is -0.369 e. The Morgan fingerprint density at radius 1 is 1.56 bits per heavy atom. The maximum absolute atomic E-state index is 8.76. The van der Waals surface area contributed by atoms with Crippen molar-refractivity contribution >= 4 is 5.69 Å². The third-order valence-corrected chi connectivity index (χ3v) is 3.32. The molecule has 0 amide bonds. The lowest BCUT2D eigenvalue weighted by Crippen LogP contribution is -2.38. The number of nitrogens with one attached hydrogen (secondary N) is 1. The zero-order valence-corrected chi connectivity index (χ0v) is 10.9. The lowest BCUT2D eigenvalue weighted by Gasteiger charge is -2.27. The van der Waals surface area contributed by atoms with Crippen LogP contribution < -0.4 is 10.2 Å². The maximum Gasteiger partial charge on any atom is 0.140 e. The van der Waals surface area contributed by atoms with Crippen molar-refractivity contribution in [3.8, 4) is 6.07 Å². The highest BCUT2D eigenvalue weighted by Gasteiger charge is 2.17. The number of aromatic nitrogens is 1. The van der Waals surface area contributed by atoms with Gasteiger partial charge in [-0.3, -0.25) is 0 Å².